The molecule has 0 aliphatic carbocycles. The Morgan fingerprint density at radius 2 is 0.600 bits per heavy atom. The van der Waals surface area contributed by atoms with Gasteiger partial charge < -0.3 is 9.13 Å². The van der Waals surface area contributed by atoms with Gasteiger partial charge in [-0.2, -0.15) is 0 Å². The molecule has 8 aromatic carbocycles. The van der Waals surface area contributed by atoms with E-state index >= 15 is 0 Å². The molecule has 234 valence electrons. The number of hydrogen-bond donors (Lipinski definition) is 0. The molecule has 2 aromatic heterocycles. The van der Waals surface area contributed by atoms with Gasteiger partial charge in [0.25, 0.3) is 0 Å². The lowest BCUT2D eigenvalue weighted by Crippen LogP contribution is -1.93. The summed E-state index contributed by atoms with van der Waals surface area (Å²) in [5.41, 5.74) is 14.5. The zero-order chi connectivity index (χ0) is 33.0. The molecule has 0 fully saturated rings. The molecule has 0 amide bonds. The first-order chi connectivity index (χ1) is 24.8. The third-order valence-electron chi connectivity index (χ3n) is 10.1. The first-order valence-electron chi connectivity index (χ1n) is 17.2. The van der Waals surface area contributed by atoms with Crippen LogP contribution in [0.2, 0.25) is 0 Å². The molecule has 10 rings (SSSR count). The first kappa shape index (κ1) is 28.4. The van der Waals surface area contributed by atoms with Gasteiger partial charge in [-0.05, 0) is 100 Å². The van der Waals surface area contributed by atoms with Crippen LogP contribution < -0.4 is 0 Å². The van der Waals surface area contributed by atoms with Gasteiger partial charge in [0.1, 0.15) is 0 Å². The Labute approximate surface area is 290 Å². The third kappa shape index (κ3) is 4.57. The summed E-state index contributed by atoms with van der Waals surface area (Å²) >= 11 is 0. The van der Waals surface area contributed by atoms with Crippen molar-refractivity contribution in [1.29, 1.82) is 0 Å². The number of benzene rings is 8. The van der Waals surface area contributed by atoms with E-state index in [9.17, 15) is 0 Å². The van der Waals surface area contributed by atoms with Crippen LogP contribution in [0.3, 0.4) is 0 Å². The number of hydrogen-bond acceptors (Lipinski definition) is 0. The number of fused-ring (bicyclic) bond motifs is 6. The summed E-state index contributed by atoms with van der Waals surface area (Å²) in [6.45, 7) is 0. The topological polar surface area (TPSA) is 9.86 Å². The number of para-hydroxylation sites is 3. The van der Waals surface area contributed by atoms with E-state index in [1.807, 2.05) is 0 Å². The lowest BCUT2D eigenvalue weighted by Gasteiger charge is -2.10. The second-order valence-electron chi connectivity index (χ2n) is 13.0. The van der Waals surface area contributed by atoms with Crippen LogP contribution in [0.15, 0.2) is 194 Å². The largest absolute Gasteiger partial charge is 0.309 e. The van der Waals surface area contributed by atoms with Crippen molar-refractivity contribution in [2.75, 3.05) is 0 Å². The molecule has 0 atom stereocenters. The summed E-state index contributed by atoms with van der Waals surface area (Å²) in [6, 6.07) is 70.4. The molecular weight excluding hydrogens is 605 g/mol. The third-order valence-corrected chi connectivity index (χ3v) is 10.1. The van der Waals surface area contributed by atoms with Gasteiger partial charge in [-0.25, -0.2) is 0 Å². The van der Waals surface area contributed by atoms with E-state index in [2.05, 4.69) is 203 Å². The van der Waals surface area contributed by atoms with E-state index in [0.717, 1.165) is 5.69 Å². The second kappa shape index (κ2) is 11.5. The highest BCUT2D eigenvalue weighted by atomic mass is 15.0. The normalized spacial score (nSPS) is 11.6. The molecule has 0 aliphatic heterocycles. The Morgan fingerprint density at radius 3 is 1.16 bits per heavy atom. The molecule has 0 aliphatic rings. The number of aromatic nitrogens is 2. The molecular formula is C48H32N2. The fraction of sp³-hybridized carbons (Fsp3) is 0. The molecule has 10 aromatic rings. The summed E-state index contributed by atoms with van der Waals surface area (Å²) in [5.74, 6) is 0. The smallest absolute Gasteiger partial charge is 0.0541 e. The molecule has 2 nitrogen and oxygen atoms in total. The number of nitrogens with zero attached hydrogens (tertiary/aromatic N) is 2. The molecule has 0 N–H and O–H groups in total. The maximum atomic E-state index is 2.39. The Bertz CT molecular complexity index is 2840. The van der Waals surface area contributed by atoms with Crippen LogP contribution in [0.5, 0.6) is 0 Å². The fourth-order valence-corrected chi connectivity index (χ4v) is 7.75. The molecule has 0 unspecified atom stereocenters. The molecule has 0 saturated heterocycles. The van der Waals surface area contributed by atoms with E-state index in [1.54, 1.807) is 0 Å². The van der Waals surface area contributed by atoms with Gasteiger partial charge in [0.05, 0.1) is 22.1 Å². The average Bonchev–Trinajstić information content (AvgIpc) is 3.71. The zero-order valence-electron chi connectivity index (χ0n) is 27.4. The van der Waals surface area contributed by atoms with Crippen LogP contribution in [0.1, 0.15) is 0 Å². The summed E-state index contributed by atoms with van der Waals surface area (Å²) in [6.07, 6.45) is 0. The maximum absolute atomic E-state index is 2.39. The summed E-state index contributed by atoms with van der Waals surface area (Å²) in [7, 11) is 0. The van der Waals surface area contributed by atoms with E-state index in [4.69, 9.17) is 0 Å². The van der Waals surface area contributed by atoms with Gasteiger partial charge in [0.2, 0.25) is 0 Å². The molecule has 0 bridgehead atoms. The van der Waals surface area contributed by atoms with Crippen LogP contribution in [0.4, 0.5) is 0 Å². The van der Waals surface area contributed by atoms with Crippen molar-refractivity contribution in [3.05, 3.63) is 194 Å². The Kier molecular flexibility index (Phi) is 6.53. The lowest BCUT2D eigenvalue weighted by atomic mass is 9.97. The van der Waals surface area contributed by atoms with Crippen LogP contribution in [-0.2, 0) is 0 Å². The lowest BCUT2D eigenvalue weighted by molar-refractivity contribution is 1.18. The van der Waals surface area contributed by atoms with Gasteiger partial charge in [-0.15, -0.1) is 0 Å². The highest BCUT2D eigenvalue weighted by Gasteiger charge is 2.15. The minimum Gasteiger partial charge on any atom is -0.309 e. The van der Waals surface area contributed by atoms with Crippen molar-refractivity contribution < 1.29 is 0 Å². The van der Waals surface area contributed by atoms with Gasteiger partial charge >= 0.3 is 0 Å². The predicted molar refractivity (Wildman–Crippen MR) is 211 cm³/mol. The van der Waals surface area contributed by atoms with Gasteiger partial charge in [0, 0.05) is 32.9 Å². The van der Waals surface area contributed by atoms with Gasteiger partial charge in [0.15, 0.2) is 0 Å². The molecule has 2 heterocycles. The van der Waals surface area contributed by atoms with E-state index in [-0.39, 0.29) is 0 Å². The van der Waals surface area contributed by atoms with Crippen molar-refractivity contribution >= 4 is 43.6 Å². The quantitative estimate of drug-likeness (QED) is 0.178. The first-order valence-corrected chi connectivity index (χ1v) is 17.2. The van der Waals surface area contributed by atoms with Crippen molar-refractivity contribution in [3.63, 3.8) is 0 Å². The van der Waals surface area contributed by atoms with Gasteiger partial charge in [-0.1, -0.05) is 127 Å². The monoisotopic (exact) mass is 636 g/mol. The van der Waals surface area contributed by atoms with Crippen LogP contribution >= 0.6 is 0 Å². The van der Waals surface area contributed by atoms with Crippen LogP contribution in [0, 0.1) is 0 Å². The minimum absolute atomic E-state index is 1.16. The predicted octanol–water partition coefficient (Wildman–Crippen LogP) is 12.9. The summed E-state index contributed by atoms with van der Waals surface area (Å²) in [5, 5.41) is 5.04. The maximum Gasteiger partial charge on any atom is 0.0541 e. The second-order valence-corrected chi connectivity index (χ2v) is 13.0. The van der Waals surface area contributed by atoms with E-state index in [0.29, 0.717) is 0 Å². The van der Waals surface area contributed by atoms with Gasteiger partial charge in [-0.3, -0.25) is 0 Å². The van der Waals surface area contributed by atoms with Crippen LogP contribution in [0.25, 0.3) is 88.4 Å². The molecule has 0 radical (unpaired) electrons. The molecule has 50 heavy (non-hydrogen) atoms. The highest BCUT2D eigenvalue weighted by Crippen LogP contribution is 2.38. The Morgan fingerprint density at radius 1 is 0.220 bits per heavy atom. The Hall–Kier alpha value is -6.64. The van der Waals surface area contributed by atoms with Crippen LogP contribution in [-0.4, -0.2) is 9.13 Å². The van der Waals surface area contributed by atoms with E-state index < -0.39 is 0 Å². The molecule has 0 saturated carbocycles. The van der Waals surface area contributed by atoms with Crippen molar-refractivity contribution in [1.82, 2.24) is 9.13 Å². The van der Waals surface area contributed by atoms with Crippen molar-refractivity contribution in [2.45, 2.75) is 0 Å². The average molecular weight is 637 g/mol. The SMILES string of the molecule is c1ccc(-c2ccc(-n3c4ccccc4c4cc(-c5cccc(-c6ccc7c(c6)c6ccccc6n7-c6ccccc6)c5)ccc43)cc2)cc1. The molecule has 0 spiro atoms. The van der Waals surface area contributed by atoms with Crippen molar-refractivity contribution in [2.24, 2.45) is 0 Å². The number of rotatable bonds is 5. The molecule has 2 heteroatoms. The standard InChI is InChI=1S/C48H32N2/c1-3-12-33(13-4-1)34-22-26-40(27-23-34)50-46-21-10-8-19-42(46)44-32-38(25-29-48(44)50)36-15-11-14-35(30-36)37-24-28-47-43(31-37)41-18-7-9-20-45(41)49(47)39-16-5-2-6-17-39/h1-32H. The summed E-state index contributed by atoms with van der Waals surface area (Å²) in [4.78, 5) is 0. The summed E-state index contributed by atoms with van der Waals surface area (Å²) < 4.78 is 4.76. The van der Waals surface area contributed by atoms with Crippen molar-refractivity contribution in [3.8, 4) is 44.8 Å². The Balaban J connectivity index is 1.06. The minimum atomic E-state index is 1.16. The fourth-order valence-electron chi connectivity index (χ4n) is 7.75. The van der Waals surface area contributed by atoms with E-state index in [1.165, 1.54) is 82.7 Å². The highest BCUT2D eigenvalue weighted by molar-refractivity contribution is 6.11. The zero-order valence-corrected chi connectivity index (χ0v) is 27.4.